The Labute approximate surface area is 206 Å². The summed E-state index contributed by atoms with van der Waals surface area (Å²) in [4.78, 5) is 19.7. The summed E-state index contributed by atoms with van der Waals surface area (Å²) < 4.78 is 0. The molecule has 1 saturated carbocycles. The zero-order valence-electron chi connectivity index (χ0n) is 19.7. The summed E-state index contributed by atoms with van der Waals surface area (Å²) in [5.74, 6) is 0.0979. The van der Waals surface area contributed by atoms with Gasteiger partial charge in [0.2, 0.25) is 0 Å². The van der Waals surface area contributed by atoms with Gasteiger partial charge in [0.15, 0.2) is 5.78 Å². The third kappa shape index (κ3) is 5.03. The number of hydrogen-bond acceptors (Lipinski definition) is 4. The third-order valence-electron chi connectivity index (χ3n) is 6.88. The number of ketones is 1. The molecule has 1 heterocycles. The van der Waals surface area contributed by atoms with Crippen LogP contribution < -0.4 is 5.32 Å². The Bertz CT molecular complexity index is 1160. The minimum atomic E-state index is 0.0979. The molecule has 0 radical (unpaired) electrons. The van der Waals surface area contributed by atoms with Crippen molar-refractivity contribution in [2.75, 3.05) is 19.4 Å². The van der Waals surface area contributed by atoms with Crippen LogP contribution in [0.3, 0.4) is 0 Å². The van der Waals surface area contributed by atoms with E-state index in [9.17, 15) is 4.79 Å². The fourth-order valence-electron chi connectivity index (χ4n) is 4.68. The molecule has 0 amide bonds. The molecule has 0 unspecified atom stereocenters. The van der Waals surface area contributed by atoms with Crippen molar-refractivity contribution < 1.29 is 4.79 Å². The monoisotopic (exact) mass is 483 g/mol. The van der Waals surface area contributed by atoms with E-state index >= 15 is 0 Å². The van der Waals surface area contributed by atoms with Crippen LogP contribution in [0.4, 0.5) is 5.69 Å². The predicted octanol–water partition coefficient (Wildman–Crippen LogP) is 7.39. The largest absolute Gasteiger partial charge is 0.381 e. The molecule has 4 rings (SSSR count). The van der Waals surface area contributed by atoms with Crippen LogP contribution in [0.2, 0.25) is 10.0 Å². The highest BCUT2D eigenvalue weighted by Gasteiger charge is 2.24. The van der Waals surface area contributed by atoms with Crippen LogP contribution >= 0.6 is 23.2 Å². The highest BCUT2D eigenvalue weighted by atomic mass is 35.5. The van der Waals surface area contributed by atoms with E-state index in [1.807, 2.05) is 38.1 Å². The van der Waals surface area contributed by atoms with E-state index in [0.29, 0.717) is 34.1 Å². The first-order chi connectivity index (χ1) is 15.8. The van der Waals surface area contributed by atoms with E-state index in [1.54, 1.807) is 6.20 Å². The molecular weight excluding hydrogens is 453 g/mol. The van der Waals surface area contributed by atoms with Crippen LogP contribution in [0.1, 0.15) is 54.9 Å². The number of Topliss-reactive ketones (excluding diaryl/α,β-unsaturated/α-hetero) is 1. The average Bonchev–Trinajstić information content (AvgIpc) is 2.82. The number of nitrogens with one attached hydrogen (secondary N) is 1. The van der Waals surface area contributed by atoms with Gasteiger partial charge in [-0.25, -0.2) is 0 Å². The highest BCUT2D eigenvalue weighted by molar-refractivity contribution is 6.36. The molecule has 33 heavy (non-hydrogen) atoms. The second-order valence-corrected chi connectivity index (χ2v) is 10.0. The molecule has 1 N–H and O–H groups in total. The van der Waals surface area contributed by atoms with E-state index in [0.717, 1.165) is 59.0 Å². The lowest BCUT2D eigenvalue weighted by Crippen LogP contribution is -2.36. The minimum absolute atomic E-state index is 0.0979. The average molecular weight is 484 g/mol. The minimum Gasteiger partial charge on any atom is -0.381 e. The number of fused-ring (bicyclic) bond motifs is 1. The van der Waals surface area contributed by atoms with Gasteiger partial charge in [-0.15, -0.1) is 0 Å². The Morgan fingerprint density at radius 3 is 2.33 bits per heavy atom. The standard InChI is InChI=1S/C27H31Cl2N3O/c1-5-26(33)22-15-30-25-11-6-17(18-13-23(28)16(2)24(29)14-18)12-21(25)27(22)31-19-7-9-20(10-8-19)32(3)4/h6,11-15,19-20H,5,7-10H2,1-4H3,(H,30,31). The van der Waals surface area contributed by atoms with Gasteiger partial charge >= 0.3 is 0 Å². The van der Waals surface area contributed by atoms with Gasteiger partial charge in [0.1, 0.15) is 0 Å². The molecule has 2 aromatic carbocycles. The summed E-state index contributed by atoms with van der Waals surface area (Å²) >= 11 is 12.8. The zero-order chi connectivity index (χ0) is 23.7. The van der Waals surface area contributed by atoms with E-state index in [4.69, 9.17) is 23.2 Å². The van der Waals surface area contributed by atoms with Crippen molar-refractivity contribution in [3.8, 4) is 11.1 Å². The van der Waals surface area contributed by atoms with Crippen LogP contribution in [0.25, 0.3) is 22.0 Å². The molecule has 4 nitrogen and oxygen atoms in total. The molecular formula is C27H31Cl2N3O. The van der Waals surface area contributed by atoms with Gasteiger partial charge < -0.3 is 10.2 Å². The molecule has 1 fully saturated rings. The smallest absolute Gasteiger partial charge is 0.166 e. The van der Waals surface area contributed by atoms with Gasteiger partial charge in [-0.3, -0.25) is 9.78 Å². The Morgan fingerprint density at radius 1 is 1.06 bits per heavy atom. The first-order valence-corrected chi connectivity index (χ1v) is 12.4. The number of benzene rings is 2. The van der Waals surface area contributed by atoms with Crippen LogP contribution in [0, 0.1) is 6.92 Å². The normalized spacial score (nSPS) is 18.6. The number of anilines is 1. The molecule has 1 aliphatic rings. The van der Waals surface area contributed by atoms with Gasteiger partial charge in [0.25, 0.3) is 0 Å². The zero-order valence-corrected chi connectivity index (χ0v) is 21.2. The predicted molar refractivity (Wildman–Crippen MR) is 140 cm³/mol. The van der Waals surface area contributed by atoms with Gasteiger partial charge in [-0.1, -0.05) is 36.2 Å². The fourth-order valence-corrected chi connectivity index (χ4v) is 5.17. The summed E-state index contributed by atoms with van der Waals surface area (Å²) in [6.45, 7) is 3.81. The Hall–Kier alpha value is -2.14. The topological polar surface area (TPSA) is 45.2 Å². The summed E-state index contributed by atoms with van der Waals surface area (Å²) in [5.41, 5.74) is 5.23. The summed E-state index contributed by atoms with van der Waals surface area (Å²) in [5, 5.41) is 5.98. The Morgan fingerprint density at radius 2 is 1.73 bits per heavy atom. The lowest BCUT2D eigenvalue weighted by atomic mass is 9.90. The van der Waals surface area contributed by atoms with E-state index in [2.05, 4.69) is 35.4 Å². The van der Waals surface area contributed by atoms with Crippen molar-refractivity contribution in [1.82, 2.24) is 9.88 Å². The number of halogens is 2. The molecule has 0 aliphatic heterocycles. The maximum Gasteiger partial charge on any atom is 0.166 e. The van der Waals surface area contributed by atoms with Crippen LogP contribution in [0.15, 0.2) is 36.5 Å². The van der Waals surface area contributed by atoms with Gasteiger partial charge in [-0.2, -0.15) is 0 Å². The molecule has 3 aromatic rings. The van der Waals surface area contributed by atoms with Crippen molar-refractivity contribution in [3.05, 3.63) is 57.7 Å². The van der Waals surface area contributed by atoms with E-state index in [-0.39, 0.29) is 5.78 Å². The van der Waals surface area contributed by atoms with Gasteiger partial charge in [-0.05, 0) is 87.7 Å². The van der Waals surface area contributed by atoms with Gasteiger partial charge in [0, 0.05) is 40.1 Å². The number of rotatable bonds is 6. The van der Waals surface area contributed by atoms with Crippen LogP contribution in [0.5, 0.6) is 0 Å². The number of carbonyl (C=O) groups is 1. The number of carbonyl (C=O) groups excluding carboxylic acids is 1. The Balaban J connectivity index is 1.77. The first-order valence-electron chi connectivity index (χ1n) is 11.6. The molecule has 0 bridgehead atoms. The quantitative estimate of drug-likeness (QED) is 0.371. The summed E-state index contributed by atoms with van der Waals surface area (Å²) in [6, 6.07) is 11.0. The molecule has 6 heteroatoms. The van der Waals surface area contributed by atoms with Gasteiger partial charge in [0.05, 0.1) is 16.8 Å². The molecule has 0 atom stereocenters. The van der Waals surface area contributed by atoms with Crippen molar-refractivity contribution >= 4 is 45.6 Å². The number of pyridine rings is 1. The van der Waals surface area contributed by atoms with E-state index < -0.39 is 0 Å². The third-order valence-corrected chi connectivity index (χ3v) is 7.66. The Kier molecular flexibility index (Phi) is 7.28. The molecule has 0 saturated heterocycles. The van der Waals surface area contributed by atoms with Crippen molar-refractivity contribution in [1.29, 1.82) is 0 Å². The molecule has 1 aromatic heterocycles. The lowest BCUT2D eigenvalue weighted by molar-refractivity contribution is 0.0988. The number of aromatic nitrogens is 1. The maximum absolute atomic E-state index is 12.8. The second-order valence-electron chi connectivity index (χ2n) is 9.23. The van der Waals surface area contributed by atoms with Crippen LogP contribution in [-0.2, 0) is 0 Å². The van der Waals surface area contributed by atoms with Crippen molar-refractivity contribution in [2.45, 2.75) is 58.0 Å². The number of hydrogen-bond donors (Lipinski definition) is 1. The second kappa shape index (κ2) is 10.0. The maximum atomic E-state index is 12.8. The van der Waals surface area contributed by atoms with Crippen LogP contribution in [-0.4, -0.2) is 41.8 Å². The fraction of sp³-hybridized carbons (Fsp3) is 0.407. The molecule has 1 aliphatic carbocycles. The number of nitrogens with zero attached hydrogens (tertiary/aromatic N) is 2. The first kappa shape index (κ1) is 24.0. The molecule has 0 spiro atoms. The lowest BCUT2D eigenvalue weighted by Gasteiger charge is -2.34. The van der Waals surface area contributed by atoms with E-state index in [1.165, 1.54) is 0 Å². The molecule has 174 valence electrons. The van der Waals surface area contributed by atoms with Crippen molar-refractivity contribution in [3.63, 3.8) is 0 Å². The highest BCUT2D eigenvalue weighted by Crippen LogP contribution is 2.36. The summed E-state index contributed by atoms with van der Waals surface area (Å²) in [7, 11) is 4.30. The summed E-state index contributed by atoms with van der Waals surface area (Å²) in [6.07, 6.45) is 6.62. The van der Waals surface area contributed by atoms with Crippen molar-refractivity contribution in [2.24, 2.45) is 0 Å². The SMILES string of the molecule is CCC(=O)c1cnc2ccc(-c3cc(Cl)c(C)c(Cl)c3)cc2c1NC1CCC(N(C)C)CC1.